The van der Waals surface area contributed by atoms with Crippen molar-refractivity contribution in [3.05, 3.63) is 89.5 Å². The van der Waals surface area contributed by atoms with Crippen LogP contribution in [0.1, 0.15) is 61.2 Å². The molecule has 0 spiro atoms. The number of aromatic nitrogens is 4. The van der Waals surface area contributed by atoms with Gasteiger partial charge in [-0.05, 0) is 58.7 Å². The fourth-order valence-electron chi connectivity index (χ4n) is 4.88. The summed E-state index contributed by atoms with van der Waals surface area (Å²) in [4.78, 5) is 24.8. The standard InChI is InChI=1S/C32H37N7O5S/c1-39-32(36-37-38-39)45-20-25-18-28(22-12-10-21(19-40)11-13-22)44-31(43-25)23-14-16-24(17-15-23)34-29(41)8-4-5-9-30(42)35-27-7-3-2-6-26(27)33/h2-3,6-7,10-17,25,28,31,40H,4-5,8-9,18-20,33H2,1H3,(H,34,41)(H,35,42)/t25-,28+,31+/m0/s1. The second kappa shape index (κ2) is 15.6. The van der Waals surface area contributed by atoms with Gasteiger partial charge < -0.3 is 30.9 Å². The number of tetrazole rings is 1. The van der Waals surface area contributed by atoms with Crippen LogP contribution >= 0.6 is 11.8 Å². The van der Waals surface area contributed by atoms with Gasteiger partial charge in [-0.15, -0.1) is 5.10 Å². The van der Waals surface area contributed by atoms with Crippen LogP contribution in [0.25, 0.3) is 0 Å². The molecule has 0 saturated carbocycles. The summed E-state index contributed by atoms with van der Waals surface area (Å²) in [6, 6.07) is 22.3. The number of nitrogens with one attached hydrogen (secondary N) is 2. The maximum Gasteiger partial charge on any atom is 0.224 e. The molecule has 45 heavy (non-hydrogen) atoms. The summed E-state index contributed by atoms with van der Waals surface area (Å²) in [6.45, 7) is -0.0206. The summed E-state index contributed by atoms with van der Waals surface area (Å²) in [6.07, 6.45) is 1.43. The first kappa shape index (κ1) is 32.1. The number of para-hydroxylation sites is 2. The zero-order chi connectivity index (χ0) is 31.6. The summed E-state index contributed by atoms with van der Waals surface area (Å²) in [5.74, 6) is 0.379. The van der Waals surface area contributed by atoms with E-state index in [-0.39, 0.29) is 30.6 Å². The number of hydrogen-bond donors (Lipinski definition) is 4. The molecule has 12 nitrogen and oxygen atoms in total. The fourth-order valence-corrected chi connectivity index (χ4v) is 5.74. The summed E-state index contributed by atoms with van der Waals surface area (Å²) in [5.41, 5.74) is 10.3. The molecular formula is C32H37N7O5S. The Hall–Kier alpha value is -4.30. The first-order chi connectivity index (χ1) is 21.9. The number of benzene rings is 3. The zero-order valence-electron chi connectivity index (χ0n) is 25.0. The average molecular weight is 632 g/mol. The number of anilines is 3. The third kappa shape index (κ3) is 9.11. The van der Waals surface area contributed by atoms with E-state index in [0.29, 0.717) is 60.1 Å². The number of ether oxygens (including phenoxy) is 2. The minimum atomic E-state index is -0.619. The van der Waals surface area contributed by atoms with E-state index >= 15 is 0 Å². The molecule has 4 aromatic rings. The van der Waals surface area contributed by atoms with Crippen LogP contribution in [0.5, 0.6) is 0 Å². The Bertz CT molecular complexity index is 1560. The van der Waals surface area contributed by atoms with Crippen molar-refractivity contribution in [3.8, 4) is 0 Å². The van der Waals surface area contributed by atoms with Crippen LogP contribution in [0.3, 0.4) is 0 Å². The normalized spacial score (nSPS) is 18.0. The molecule has 13 heteroatoms. The summed E-state index contributed by atoms with van der Waals surface area (Å²) in [5, 5.41) is 27.5. The minimum Gasteiger partial charge on any atom is -0.397 e. The van der Waals surface area contributed by atoms with Gasteiger partial charge in [0.2, 0.25) is 17.0 Å². The van der Waals surface area contributed by atoms with E-state index in [0.717, 1.165) is 16.7 Å². The molecule has 1 fully saturated rings. The van der Waals surface area contributed by atoms with Crippen molar-refractivity contribution < 1.29 is 24.2 Å². The van der Waals surface area contributed by atoms with E-state index in [1.54, 1.807) is 23.9 Å². The summed E-state index contributed by atoms with van der Waals surface area (Å²) in [7, 11) is 1.80. The molecule has 2 heterocycles. The van der Waals surface area contributed by atoms with Gasteiger partial charge in [-0.25, -0.2) is 4.68 Å². The predicted octanol–water partition coefficient (Wildman–Crippen LogP) is 4.76. The quantitative estimate of drug-likeness (QED) is 0.0918. The Morgan fingerprint density at radius 1 is 0.956 bits per heavy atom. The molecule has 2 amide bonds. The maximum atomic E-state index is 12.6. The number of aryl methyl sites for hydroxylation is 1. The highest BCUT2D eigenvalue weighted by Crippen LogP contribution is 2.39. The molecule has 3 atom stereocenters. The van der Waals surface area contributed by atoms with Crippen molar-refractivity contribution in [2.24, 2.45) is 7.05 Å². The molecule has 1 aromatic heterocycles. The number of hydrogen-bond acceptors (Lipinski definition) is 10. The minimum absolute atomic E-state index is 0.0206. The number of rotatable bonds is 13. The lowest BCUT2D eigenvalue weighted by atomic mass is 10.0. The smallest absolute Gasteiger partial charge is 0.224 e. The Morgan fingerprint density at radius 3 is 2.31 bits per heavy atom. The summed E-state index contributed by atoms with van der Waals surface area (Å²) < 4.78 is 14.4. The number of aliphatic hydroxyl groups is 1. The highest BCUT2D eigenvalue weighted by atomic mass is 32.2. The molecule has 1 aliphatic rings. The van der Waals surface area contributed by atoms with E-state index in [1.165, 1.54) is 11.8 Å². The van der Waals surface area contributed by atoms with E-state index in [4.69, 9.17) is 15.2 Å². The third-order valence-corrected chi connectivity index (χ3v) is 8.50. The lowest BCUT2D eigenvalue weighted by Crippen LogP contribution is -2.31. The number of nitrogens with zero attached hydrogens (tertiary/aromatic N) is 4. The first-order valence-electron chi connectivity index (χ1n) is 14.8. The van der Waals surface area contributed by atoms with Crippen LogP contribution in [0.4, 0.5) is 17.1 Å². The van der Waals surface area contributed by atoms with Gasteiger partial charge in [0.25, 0.3) is 0 Å². The topological polar surface area (TPSA) is 167 Å². The van der Waals surface area contributed by atoms with E-state index in [1.807, 2.05) is 60.7 Å². The van der Waals surface area contributed by atoms with Gasteiger partial charge >= 0.3 is 0 Å². The van der Waals surface area contributed by atoms with Crippen LogP contribution in [0.15, 0.2) is 78.0 Å². The number of unbranched alkanes of at least 4 members (excludes halogenated alkanes) is 1. The van der Waals surface area contributed by atoms with Crippen molar-refractivity contribution in [2.45, 2.75) is 62.4 Å². The van der Waals surface area contributed by atoms with E-state index in [2.05, 4.69) is 26.2 Å². The highest BCUT2D eigenvalue weighted by Gasteiger charge is 2.32. The van der Waals surface area contributed by atoms with Crippen molar-refractivity contribution in [1.29, 1.82) is 0 Å². The zero-order valence-corrected chi connectivity index (χ0v) is 25.8. The molecule has 3 aromatic carbocycles. The van der Waals surface area contributed by atoms with E-state index < -0.39 is 6.29 Å². The van der Waals surface area contributed by atoms with Crippen LogP contribution in [0, 0.1) is 0 Å². The Labute approximate surface area is 265 Å². The lowest BCUT2D eigenvalue weighted by molar-refractivity contribution is -0.245. The lowest BCUT2D eigenvalue weighted by Gasteiger charge is -2.36. The van der Waals surface area contributed by atoms with Gasteiger partial charge in [-0.2, -0.15) is 0 Å². The number of carbonyl (C=O) groups excluding carboxylic acids is 2. The molecule has 0 radical (unpaired) electrons. The number of amides is 2. The van der Waals surface area contributed by atoms with Crippen molar-refractivity contribution >= 4 is 40.6 Å². The second-order valence-corrected chi connectivity index (χ2v) is 11.7. The monoisotopic (exact) mass is 631 g/mol. The van der Waals surface area contributed by atoms with Crippen LogP contribution in [-0.2, 0) is 32.7 Å². The fraction of sp³-hybridized carbons (Fsp3) is 0.344. The number of nitrogen functional groups attached to an aromatic ring is 1. The van der Waals surface area contributed by atoms with Gasteiger partial charge in [0, 0.05) is 43.3 Å². The Kier molecular flexibility index (Phi) is 11.1. The van der Waals surface area contributed by atoms with Crippen LogP contribution < -0.4 is 16.4 Å². The summed E-state index contributed by atoms with van der Waals surface area (Å²) >= 11 is 1.52. The number of thioether (sulfide) groups is 1. The molecule has 0 bridgehead atoms. The van der Waals surface area contributed by atoms with Gasteiger partial charge in [0.15, 0.2) is 6.29 Å². The molecule has 5 rings (SSSR count). The van der Waals surface area contributed by atoms with E-state index in [9.17, 15) is 14.7 Å². The number of carbonyl (C=O) groups is 2. The van der Waals surface area contributed by atoms with Crippen molar-refractivity contribution in [2.75, 3.05) is 22.1 Å². The molecule has 0 unspecified atom stereocenters. The first-order valence-corrected chi connectivity index (χ1v) is 15.8. The van der Waals surface area contributed by atoms with Gasteiger partial charge in [-0.1, -0.05) is 60.3 Å². The third-order valence-electron chi connectivity index (χ3n) is 7.35. The highest BCUT2D eigenvalue weighted by molar-refractivity contribution is 7.99. The van der Waals surface area contributed by atoms with Crippen LogP contribution in [-0.4, -0.2) is 49.0 Å². The average Bonchev–Trinajstić information content (AvgIpc) is 3.47. The van der Waals surface area contributed by atoms with Gasteiger partial charge in [-0.3, -0.25) is 9.59 Å². The molecule has 0 aliphatic carbocycles. The SMILES string of the molecule is Cn1nnnc1SC[C@@H]1C[C@H](c2ccc(CO)cc2)O[C@H](c2ccc(NC(=O)CCCCC(=O)Nc3ccccc3N)cc2)O1. The number of aliphatic hydroxyl groups excluding tert-OH is 1. The van der Waals surface area contributed by atoms with Crippen molar-refractivity contribution in [1.82, 2.24) is 20.2 Å². The molecular weight excluding hydrogens is 594 g/mol. The van der Waals surface area contributed by atoms with Crippen LogP contribution in [0.2, 0.25) is 0 Å². The van der Waals surface area contributed by atoms with Gasteiger partial charge in [0.1, 0.15) is 0 Å². The molecule has 1 aliphatic heterocycles. The molecule has 1 saturated heterocycles. The Morgan fingerprint density at radius 2 is 1.64 bits per heavy atom. The Balaban J connectivity index is 1.13. The second-order valence-electron chi connectivity index (χ2n) is 10.8. The number of nitrogens with two attached hydrogens (primary N) is 1. The largest absolute Gasteiger partial charge is 0.397 e. The van der Waals surface area contributed by atoms with Gasteiger partial charge in [0.05, 0.1) is 30.2 Å². The molecule has 5 N–H and O–H groups in total. The maximum absolute atomic E-state index is 12.6. The predicted molar refractivity (Wildman–Crippen MR) is 171 cm³/mol. The van der Waals surface area contributed by atoms with Crippen molar-refractivity contribution in [3.63, 3.8) is 0 Å². The molecule has 236 valence electrons.